The number of amides is 2. The number of aliphatic imine (C=N–C) groups is 2. The zero-order valence-electron chi connectivity index (χ0n) is 19.2. The third kappa shape index (κ3) is 7.01. The number of benzene rings is 2. The van der Waals surface area contributed by atoms with Crippen LogP contribution in [0.1, 0.15) is 50.9 Å². The van der Waals surface area contributed by atoms with Crippen LogP contribution >= 0.6 is 46.7 Å². The average Bonchev–Trinajstić information content (AvgIpc) is 3.27. The molecule has 2 aromatic carbocycles. The van der Waals surface area contributed by atoms with Crippen LogP contribution in [-0.4, -0.2) is 32.6 Å². The van der Waals surface area contributed by atoms with Gasteiger partial charge in [0.2, 0.25) is 11.8 Å². The van der Waals surface area contributed by atoms with Crippen molar-refractivity contribution >= 4 is 68.9 Å². The highest BCUT2D eigenvalue weighted by Crippen LogP contribution is 2.29. The van der Waals surface area contributed by atoms with Gasteiger partial charge < -0.3 is 10.6 Å². The van der Waals surface area contributed by atoms with E-state index >= 15 is 0 Å². The standard InChI is InChI=1S/2C12H13ClN2OS/c2*1-7(9-5-3-4-6-10(9)13)14-12-15-11(16)8(2)17-12/h2*3-8H,1-2H3,(H,14,15,16)/t7-,8+;7-,8-/m00/s1. The molecule has 10 heteroatoms. The van der Waals surface area contributed by atoms with Gasteiger partial charge >= 0.3 is 0 Å². The number of nitrogens with zero attached hydrogens (tertiary/aromatic N) is 2. The van der Waals surface area contributed by atoms with Crippen molar-refractivity contribution in [1.29, 1.82) is 0 Å². The lowest BCUT2D eigenvalue weighted by molar-refractivity contribution is -0.119. The van der Waals surface area contributed by atoms with E-state index in [1.165, 1.54) is 23.5 Å². The molecule has 2 N–H and O–H groups in total. The molecule has 0 spiro atoms. The summed E-state index contributed by atoms with van der Waals surface area (Å²) in [4.78, 5) is 31.6. The molecule has 2 amide bonds. The topological polar surface area (TPSA) is 82.9 Å². The van der Waals surface area contributed by atoms with Crippen LogP contribution < -0.4 is 10.6 Å². The molecule has 0 bridgehead atoms. The molecule has 0 aliphatic carbocycles. The number of amidine groups is 2. The molecule has 2 aliphatic rings. The summed E-state index contributed by atoms with van der Waals surface area (Å²) in [6.07, 6.45) is 0. The smallest absolute Gasteiger partial charge is 0.239 e. The Labute approximate surface area is 218 Å². The molecule has 180 valence electrons. The minimum Gasteiger partial charge on any atom is -0.304 e. The Hall–Kier alpha value is -2.00. The van der Waals surface area contributed by atoms with Crippen molar-refractivity contribution < 1.29 is 9.59 Å². The summed E-state index contributed by atoms with van der Waals surface area (Å²) in [7, 11) is 0. The summed E-state index contributed by atoms with van der Waals surface area (Å²) in [5.41, 5.74) is 1.94. The van der Waals surface area contributed by atoms with E-state index in [0.29, 0.717) is 20.4 Å². The molecule has 2 aliphatic heterocycles. The molecule has 0 unspecified atom stereocenters. The maximum Gasteiger partial charge on any atom is 0.239 e. The number of rotatable bonds is 4. The summed E-state index contributed by atoms with van der Waals surface area (Å²) in [5, 5.41) is 8.14. The van der Waals surface area contributed by atoms with Gasteiger partial charge in [0.1, 0.15) is 0 Å². The van der Waals surface area contributed by atoms with Crippen LogP contribution in [-0.2, 0) is 9.59 Å². The van der Waals surface area contributed by atoms with Crippen LogP contribution in [0, 0.1) is 0 Å². The zero-order valence-corrected chi connectivity index (χ0v) is 22.4. The Morgan fingerprint density at radius 2 is 1.09 bits per heavy atom. The molecule has 2 heterocycles. The van der Waals surface area contributed by atoms with Gasteiger partial charge in [0.25, 0.3) is 0 Å². The number of hydrogen-bond donors (Lipinski definition) is 2. The van der Waals surface area contributed by atoms with Crippen LogP contribution in [0.25, 0.3) is 0 Å². The number of thioether (sulfide) groups is 2. The first kappa shape index (κ1) is 26.6. The number of carbonyl (C=O) groups excluding carboxylic acids is 2. The molecular formula is C24H26Cl2N4O2S2. The van der Waals surface area contributed by atoms with Gasteiger partial charge in [-0.15, -0.1) is 0 Å². The molecule has 6 nitrogen and oxygen atoms in total. The highest BCUT2D eigenvalue weighted by Gasteiger charge is 2.27. The van der Waals surface area contributed by atoms with Crippen LogP contribution in [0.3, 0.4) is 0 Å². The molecule has 0 saturated carbocycles. The lowest BCUT2D eigenvalue weighted by atomic mass is 10.1. The monoisotopic (exact) mass is 536 g/mol. The number of carbonyl (C=O) groups is 2. The fraction of sp³-hybridized carbons (Fsp3) is 0.333. The van der Waals surface area contributed by atoms with E-state index in [2.05, 4.69) is 20.6 Å². The van der Waals surface area contributed by atoms with Gasteiger partial charge in [0.05, 0.1) is 22.6 Å². The predicted octanol–water partition coefficient (Wildman–Crippen LogP) is 6.02. The van der Waals surface area contributed by atoms with Crippen LogP contribution in [0.2, 0.25) is 10.0 Å². The van der Waals surface area contributed by atoms with E-state index in [9.17, 15) is 9.59 Å². The van der Waals surface area contributed by atoms with Gasteiger partial charge in [0, 0.05) is 10.0 Å². The van der Waals surface area contributed by atoms with Gasteiger partial charge in [-0.3, -0.25) is 19.6 Å². The van der Waals surface area contributed by atoms with Gasteiger partial charge in [-0.25, -0.2) is 0 Å². The van der Waals surface area contributed by atoms with E-state index in [1.807, 2.05) is 76.2 Å². The van der Waals surface area contributed by atoms with Gasteiger partial charge in [-0.05, 0) is 51.0 Å². The van der Waals surface area contributed by atoms with Crippen LogP contribution in [0.5, 0.6) is 0 Å². The summed E-state index contributed by atoms with van der Waals surface area (Å²) in [5.74, 6) is 0.0280. The average molecular weight is 538 g/mol. The summed E-state index contributed by atoms with van der Waals surface area (Å²) in [6.45, 7) is 7.65. The Bertz CT molecular complexity index is 1040. The quantitative estimate of drug-likeness (QED) is 0.500. The maximum absolute atomic E-state index is 11.3. The minimum atomic E-state index is -0.0628. The van der Waals surface area contributed by atoms with Crippen molar-refractivity contribution in [2.45, 2.75) is 50.3 Å². The largest absolute Gasteiger partial charge is 0.304 e. The Morgan fingerprint density at radius 3 is 1.38 bits per heavy atom. The lowest BCUT2D eigenvalue weighted by Crippen LogP contribution is -2.23. The van der Waals surface area contributed by atoms with E-state index in [0.717, 1.165) is 11.1 Å². The second-order valence-corrected chi connectivity index (χ2v) is 11.2. The fourth-order valence-electron chi connectivity index (χ4n) is 3.16. The van der Waals surface area contributed by atoms with Gasteiger partial charge in [-0.1, -0.05) is 83.1 Å². The van der Waals surface area contributed by atoms with Crippen molar-refractivity contribution in [3.8, 4) is 0 Å². The Morgan fingerprint density at radius 1 is 0.735 bits per heavy atom. The summed E-state index contributed by atoms with van der Waals surface area (Å²) >= 11 is 15.1. The fourth-order valence-corrected chi connectivity index (χ4v) is 5.50. The van der Waals surface area contributed by atoms with Crippen LogP contribution in [0.4, 0.5) is 0 Å². The van der Waals surface area contributed by atoms with Crippen molar-refractivity contribution in [2.24, 2.45) is 9.98 Å². The normalized spacial score (nSPS) is 23.8. The third-order valence-electron chi connectivity index (χ3n) is 5.11. The van der Waals surface area contributed by atoms with E-state index in [4.69, 9.17) is 23.2 Å². The van der Waals surface area contributed by atoms with E-state index in [-0.39, 0.29) is 34.4 Å². The second-order valence-electron chi connectivity index (χ2n) is 7.76. The molecule has 2 saturated heterocycles. The molecule has 2 aromatic rings. The SMILES string of the molecule is C[C@@H]1SC(=N[C@@H](C)c2ccccc2Cl)NC1=O.C[C@H](N=C1NC(=O)[C@@H](C)S1)c1ccccc1Cl. The molecule has 34 heavy (non-hydrogen) atoms. The summed E-state index contributed by atoms with van der Waals surface area (Å²) in [6, 6.07) is 15.1. The van der Waals surface area contributed by atoms with Gasteiger partial charge in [-0.2, -0.15) is 0 Å². The van der Waals surface area contributed by atoms with Crippen molar-refractivity contribution in [2.75, 3.05) is 0 Å². The molecule has 4 rings (SSSR count). The first-order valence-corrected chi connectivity index (χ1v) is 13.3. The van der Waals surface area contributed by atoms with Crippen molar-refractivity contribution in [1.82, 2.24) is 10.6 Å². The lowest BCUT2D eigenvalue weighted by Gasteiger charge is -2.09. The third-order valence-corrected chi connectivity index (χ3v) is 7.79. The number of hydrogen-bond acceptors (Lipinski definition) is 6. The predicted molar refractivity (Wildman–Crippen MR) is 145 cm³/mol. The second kappa shape index (κ2) is 12.1. The van der Waals surface area contributed by atoms with E-state index in [1.54, 1.807) is 0 Å². The van der Waals surface area contributed by atoms with E-state index < -0.39 is 0 Å². The first-order chi connectivity index (χ1) is 16.2. The molecule has 2 fully saturated rings. The first-order valence-electron chi connectivity index (χ1n) is 10.7. The van der Waals surface area contributed by atoms with Crippen LogP contribution in [0.15, 0.2) is 58.5 Å². The van der Waals surface area contributed by atoms with Gasteiger partial charge in [0.15, 0.2) is 10.3 Å². The maximum atomic E-state index is 11.3. The molecular weight excluding hydrogens is 511 g/mol. The molecule has 0 aromatic heterocycles. The van der Waals surface area contributed by atoms with Crippen molar-refractivity contribution in [3.63, 3.8) is 0 Å². The zero-order chi connectivity index (χ0) is 24.8. The number of halogens is 2. The Balaban J connectivity index is 0.000000191. The minimum absolute atomic E-state index is 0.0140. The molecule has 4 atom stereocenters. The molecule has 0 radical (unpaired) electrons. The Kier molecular flexibility index (Phi) is 9.47. The highest BCUT2D eigenvalue weighted by atomic mass is 35.5. The number of nitrogens with one attached hydrogen (secondary N) is 2. The summed E-state index contributed by atoms with van der Waals surface area (Å²) < 4.78 is 0. The highest BCUT2D eigenvalue weighted by molar-refractivity contribution is 8.15. The van der Waals surface area contributed by atoms with Crippen molar-refractivity contribution in [3.05, 3.63) is 69.7 Å².